The van der Waals surface area contributed by atoms with E-state index in [1.54, 1.807) is 0 Å². The molecular formula is C13H19BrClNOSi. The molecule has 2 nitrogen and oxygen atoms in total. The van der Waals surface area contributed by atoms with Crippen LogP contribution < -0.4 is 5.19 Å². The Morgan fingerprint density at radius 3 is 2.22 bits per heavy atom. The number of Topliss-reactive ketones (excluding diaryl/α,β-unsaturated/α-hetero) is 1. The van der Waals surface area contributed by atoms with Crippen LogP contribution in [0.15, 0.2) is 10.7 Å². The Morgan fingerprint density at radius 2 is 1.83 bits per heavy atom. The summed E-state index contributed by atoms with van der Waals surface area (Å²) in [5.41, 5.74) is 0.397. The van der Waals surface area contributed by atoms with E-state index in [-0.39, 0.29) is 5.78 Å². The van der Waals surface area contributed by atoms with Crippen LogP contribution in [0.3, 0.4) is 0 Å². The maximum absolute atomic E-state index is 11.6. The van der Waals surface area contributed by atoms with Crippen molar-refractivity contribution in [2.75, 3.05) is 0 Å². The van der Waals surface area contributed by atoms with E-state index in [0.29, 0.717) is 15.3 Å². The standard InChI is InChI=1S/C13H19BrClNOSi/c1-5-18(6-2,7-3)10-8-11(14)16-13(9(4)17)12(10)15/h8H,5-7H2,1-4H3. The minimum absolute atomic E-state index is 0.0752. The van der Waals surface area contributed by atoms with Gasteiger partial charge in [0.15, 0.2) is 5.78 Å². The Labute approximate surface area is 123 Å². The SMILES string of the molecule is CC[Si](CC)(CC)c1cc(Br)nc(C(C)=O)c1Cl. The Bertz CT molecular complexity index is 452. The fourth-order valence-electron chi connectivity index (χ4n) is 2.44. The molecule has 5 heteroatoms. The molecule has 0 saturated heterocycles. The molecule has 0 unspecified atom stereocenters. The normalized spacial score (nSPS) is 11.7. The van der Waals surface area contributed by atoms with Crippen LogP contribution in [-0.2, 0) is 0 Å². The number of hydrogen-bond acceptors (Lipinski definition) is 2. The van der Waals surface area contributed by atoms with Crippen molar-refractivity contribution in [3.8, 4) is 0 Å². The second-order valence-corrected chi connectivity index (χ2v) is 11.0. The van der Waals surface area contributed by atoms with Crippen molar-refractivity contribution in [3.63, 3.8) is 0 Å². The lowest BCUT2D eigenvalue weighted by Crippen LogP contribution is -2.47. The Morgan fingerprint density at radius 1 is 1.33 bits per heavy atom. The van der Waals surface area contributed by atoms with Gasteiger partial charge in [-0.05, 0) is 27.2 Å². The van der Waals surface area contributed by atoms with Gasteiger partial charge in [0.1, 0.15) is 10.3 Å². The molecule has 0 aliphatic rings. The lowest BCUT2D eigenvalue weighted by atomic mass is 10.3. The van der Waals surface area contributed by atoms with Crippen molar-refractivity contribution in [2.24, 2.45) is 0 Å². The molecular weight excluding hydrogens is 330 g/mol. The van der Waals surface area contributed by atoms with Gasteiger partial charge in [-0.1, -0.05) is 50.5 Å². The summed E-state index contributed by atoms with van der Waals surface area (Å²) in [7, 11) is -1.60. The van der Waals surface area contributed by atoms with Crippen LogP contribution in [0.1, 0.15) is 38.2 Å². The maximum atomic E-state index is 11.6. The van der Waals surface area contributed by atoms with Crippen LogP contribution >= 0.6 is 27.5 Å². The summed E-state index contributed by atoms with van der Waals surface area (Å²) < 4.78 is 0.708. The van der Waals surface area contributed by atoms with E-state index in [4.69, 9.17) is 11.6 Å². The van der Waals surface area contributed by atoms with Crippen LogP contribution in [0.5, 0.6) is 0 Å². The van der Waals surface area contributed by atoms with Crippen LogP contribution in [0, 0.1) is 0 Å². The maximum Gasteiger partial charge on any atom is 0.179 e. The fraction of sp³-hybridized carbons (Fsp3) is 0.538. The van der Waals surface area contributed by atoms with E-state index in [0.717, 1.165) is 18.1 Å². The second kappa shape index (κ2) is 6.31. The van der Waals surface area contributed by atoms with E-state index in [1.165, 1.54) is 12.1 Å². The first-order valence-electron chi connectivity index (χ1n) is 6.29. The third-order valence-corrected chi connectivity index (χ3v) is 10.4. The van der Waals surface area contributed by atoms with Gasteiger partial charge >= 0.3 is 0 Å². The number of hydrogen-bond donors (Lipinski definition) is 0. The molecule has 0 atom stereocenters. The summed E-state index contributed by atoms with van der Waals surface area (Å²) in [6.07, 6.45) is 0. The number of rotatable bonds is 5. The average Bonchev–Trinajstić information content (AvgIpc) is 2.35. The van der Waals surface area contributed by atoms with E-state index < -0.39 is 8.07 Å². The number of halogens is 2. The molecule has 0 saturated carbocycles. The first-order chi connectivity index (χ1) is 8.41. The van der Waals surface area contributed by atoms with Crippen molar-refractivity contribution in [1.82, 2.24) is 4.98 Å². The molecule has 0 amide bonds. The van der Waals surface area contributed by atoms with Gasteiger partial charge in [-0.3, -0.25) is 4.79 Å². The highest BCUT2D eigenvalue weighted by Crippen LogP contribution is 2.27. The monoisotopic (exact) mass is 347 g/mol. The zero-order valence-corrected chi connectivity index (χ0v) is 14.7. The number of nitrogens with zero attached hydrogens (tertiary/aromatic N) is 1. The number of ketones is 1. The van der Waals surface area contributed by atoms with Gasteiger partial charge in [0.05, 0.1) is 13.1 Å². The summed E-state index contributed by atoms with van der Waals surface area (Å²) in [5.74, 6) is -0.0752. The molecule has 1 heterocycles. The molecule has 0 fully saturated rings. The van der Waals surface area contributed by atoms with Crippen molar-refractivity contribution in [3.05, 3.63) is 21.4 Å². The molecule has 0 bridgehead atoms. The van der Waals surface area contributed by atoms with Gasteiger partial charge in [-0.15, -0.1) is 0 Å². The van der Waals surface area contributed by atoms with Crippen LogP contribution in [0.2, 0.25) is 23.2 Å². The minimum Gasteiger partial charge on any atom is -0.293 e. The van der Waals surface area contributed by atoms with Crippen molar-refractivity contribution in [2.45, 2.75) is 45.8 Å². The largest absolute Gasteiger partial charge is 0.293 e. The zero-order chi connectivity index (χ0) is 13.9. The molecule has 0 N–H and O–H groups in total. The fourth-order valence-corrected chi connectivity index (χ4v) is 7.56. The lowest BCUT2D eigenvalue weighted by Gasteiger charge is -2.30. The predicted molar refractivity (Wildman–Crippen MR) is 83.8 cm³/mol. The van der Waals surface area contributed by atoms with Crippen molar-refractivity contribution >= 4 is 46.6 Å². The summed E-state index contributed by atoms with van der Waals surface area (Å²) >= 11 is 9.82. The summed E-state index contributed by atoms with van der Waals surface area (Å²) in [6, 6.07) is 5.41. The summed E-state index contributed by atoms with van der Waals surface area (Å²) in [6.45, 7) is 8.17. The smallest absolute Gasteiger partial charge is 0.179 e. The molecule has 1 aromatic heterocycles. The Kier molecular flexibility index (Phi) is 5.56. The van der Waals surface area contributed by atoms with Gasteiger partial charge < -0.3 is 0 Å². The van der Waals surface area contributed by atoms with E-state index in [1.807, 2.05) is 6.07 Å². The molecule has 0 aromatic carbocycles. The van der Waals surface area contributed by atoms with Crippen LogP contribution in [0.25, 0.3) is 0 Å². The topological polar surface area (TPSA) is 30.0 Å². The highest BCUT2D eigenvalue weighted by molar-refractivity contribution is 9.10. The predicted octanol–water partition coefficient (Wildman–Crippen LogP) is 4.42. The number of aromatic nitrogens is 1. The lowest BCUT2D eigenvalue weighted by molar-refractivity contribution is 0.101. The average molecular weight is 349 g/mol. The number of pyridine rings is 1. The van der Waals surface area contributed by atoms with Gasteiger partial charge in [0.2, 0.25) is 0 Å². The summed E-state index contributed by atoms with van der Waals surface area (Å²) in [4.78, 5) is 15.8. The highest BCUT2D eigenvalue weighted by atomic mass is 79.9. The first-order valence-corrected chi connectivity index (χ1v) is 10.1. The first kappa shape index (κ1) is 15.9. The third kappa shape index (κ3) is 2.86. The van der Waals surface area contributed by atoms with E-state index in [2.05, 4.69) is 41.7 Å². The third-order valence-electron chi connectivity index (χ3n) is 3.86. The molecule has 18 heavy (non-hydrogen) atoms. The Hall–Kier alpha value is -0.193. The number of carbonyl (C=O) groups is 1. The molecule has 0 spiro atoms. The van der Waals surface area contributed by atoms with Crippen LogP contribution in [-0.4, -0.2) is 18.8 Å². The number of carbonyl (C=O) groups excluding carboxylic acids is 1. The van der Waals surface area contributed by atoms with Crippen molar-refractivity contribution < 1.29 is 4.79 Å². The Balaban J connectivity index is 3.53. The highest BCUT2D eigenvalue weighted by Gasteiger charge is 2.33. The molecule has 1 aromatic rings. The van der Waals surface area contributed by atoms with Gasteiger partial charge in [-0.25, -0.2) is 4.98 Å². The molecule has 0 radical (unpaired) electrons. The van der Waals surface area contributed by atoms with Gasteiger partial charge in [0, 0.05) is 6.92 Å². The summed E-state index contributed by atoms with van der Waals surface area (Å²) in [5, 5.41) is 1.74. The van der Waals surface area contributed by atoms with Crippen molar-refractivity contribution in [1.29, 1.82) is 0 Å². The quantitative estimate of drug-likeness (QED) is 0.448. The zero-order valence-electron chi connectivity index (χ0n) is 11.3. The van der Waals surface area contributed by atoms with Gasteiger partial charge in [-0.2, -0.15) is 0 Å². The molecule has 1 rings (SSSR count). The molecule has 0 aliphatic heterocycles. The molecule has 100 valence electrons. The van der Waals surface area contributed by atoms with E-state index in [9.17, 15) is 4.79 Å². The van der Waals surface area contributed by atoms with Crippen LogP contribution in [0.4, 0.5) is 0 Å². The molecule has 0 aliphatic carbocycles. The van der Waals surface area contributed by atoms with Gasteiger partial charge in [0.25, 0.3) is 0 Å². The second-order valence-electron chi connectivity index (χ2n) is 4.55. The van der Waals surface area contributed by atoms with E-state index >= 15 is 0 Å². The minimum atomic E-state index is -1.60.